The number of para-hydroxylation sites is 2. The van der Waals surface area contributed by atoms with Gasteiger partial charge in [-0.1, -0.05) is 30.8 Å². The van der Waals surface area contributed by atoms with Gasteiger partial charge in [0.25, 0.3) is 0 Å². The van der Waals surface area contributed by atoms with Crippen molar-refractivity contribution in [2.75, 3.05) is 25.3 Å². The van der Waals surface area contributed by atoms with Crippen LogP contribution in [0.3, 0.4) is 0 Å². The van der Waals surface area contributed by atoms with Crippen LogP contribution >= 0.6 is 11.8 Å². The van der Waals surface area contributed by atoms with Crippen molar-refractivity contribution < 1.29 is 14.3 Å². The second kappa shape index (κ2) is 8.77. The molecule has 0 unspecified atom stereocenters. The van der Waals surface area contributed by atoms with E-state index in [-0.39, 0.29) is 11.7 Å². The van der Waals surface area contributed by atoms with Crippen LogP contribution in [0.15, 0.2) is 53.6 Å². The number of carbonyl (C=O) groups excluding carboxylic acids is 1. The minimum Gasteiger partial charge on any atom is -0.497 e. The van der Waals surface area contributed by atoms with Gasteiger partial charge in [-0.2, -0.15) is 0 Å². The number of amides is 1. The number of methoxy groups -OCH3 is 2. The van der Waals surface area contributed by atoms with E-state index in [1.54, 1.807) is 14.2 Å². The molecule has 2 aromatic carbocycles. The number of nitrogens with zero attached hydrogens (tertiary/aromatic N) is 1. The Morgan fingerprint density at radius 3 is 2.67 bits per heavy atom. The van der Waals surface area contributed by atoms with Gasteiger partial charge in [0.15, 0.2) is 0 Å². The molecule has 0 saturated carbocycles. The molecule has 6 heteroatoms. The van der Waals surface area contributed by atoms with E-state index in [1.165, 1.54) is 11.8 Å². The largest absolute Gasteiger partial charge is 0.497 e. The van der Waals surface area contributed by atoms with Crippen molar-refractivity contribution in [2.24, 2.45) is 0 Å². The van der Waals surface area contributed by atoms with Crippen molar-refractivity contribution in [1.29, 1.82) is 0 Å². The number of anilines is 1. The first-order valence-corrected chi connectivity index (χ1v) is 9.66. The van der Waals surface area contributed by atoms with Gasteiger partial charge >= 0.3 is 0 Å². The van der Waals surface area contributed by atoms with Crippen molar-refractivity contribution in [1.82, 2.24) is 4.98 Å². The summed E-state index contributed by atoms with van der Waals surface area (Å²) in [7, 11) is 3.22. The predicted octanol–water partition coefficient (Wildman–Crippen LogP) is 4.55. The topological polar surface area (TPSA) is 60.5 Å². The highest BCUT2D eigenvalue weighted by Gasteiger charge is 2.12. The second-order valence-electron chi connectivity index (χ2n) is 5.90. The van der Waals surface area contributed by atoms with E-state index in [1.807, 2.05) is 42.5 Å². The molecule has 0 saturated heterocycles. The first kappa shape index (κ1) is 19.0. The summed E-state index contributed by atoms with van der Waals surface area (Å²) in [5, 5.41) is 4.83. The number of carbonyl (C=O) groups is 1. The number of ether oxygens (including phenoxy) is 2. The molecular weight excluding hydrogens is 360 g/mol. The summed E-state index contributed by atoms with van der Waals surface area (Å²) in [6, 6.07) is 15.3. The van der Waals surface area contributed by atoms with E-state index in [2.05, 4.69) is 18.3 Å². The molecule has 1 aromatic heterocycles. The summed E-state index contributed by atoms with van der Waals surface area (Å²) in [5.74, 6) is 1.58. The summed E-state index contributed by atoms with van der Waals surface area (Å²) in [6.07, 6.45) is 0.853. The third kappa shape index (κ3) is 4.52. The molecule has 0 aliphatic heterocycles. The Labute approximate surface area is 163 Å². The van der Waals surface area contributed by atoms with E-state index < -0.39 is 0 Å². The van der Waals surface area contributed by atoms with Crippen molar-refractivity contribution in [3.63, 3.8) is 0 Å². The lowest BCUT2D eigenvalue weighted by Crippen LogP contribution is -2.15. The number of benzene rings is 2. The molecule has 3 aromatic rings. The van der Waals surface area contributed by atoms with Crippen LogP contribution in [-0.2, 0) is 11.2 Å². The molecule has 0 aliphatic carbocycles. The number of thioether (sulfide) groups is 1. The molecule has 5 nitrogen and oxygen atoms in total. The van der Waals surface area contributed by atoms with Crippen LogP contribution in [0.25, 0.3) is 10.9 Å². The highest BCUT2D eigenvalue weighted by Crippen LogP contribution is 2.28. The zero-order valence-corrected chi connectivity index (χ0v) is 16.4. The minimum atomic E-state index is -0.0981. The Kier molecular flexibility index (Phi) is 6.19. The molecular formula is C21H22N2O3S. The van der Waals surface area contributed by atoms with Crippen LogP contribution in [0.4, 0.5) is 5.69 Å². The maximum absolute atomic E-state index is 12.4. The zero-order valence-electron chi connectivity index (χ0n) is 15.6. The molecule has 1 amide bonds. The van der Waals surface area contributed by atoms with E-state index in [0.717, 1.165) is 33.7 Å². The smallest absolute Gasteiger partial charge is 0.234 e. The summed E-state index contributed by atoms with van der Waals surface area (Å²) < 4.78 is 10.6. The monoisotopic (exact) mass is 382 g/mol. The molecule has 0 radical (unpaired) electrons. The van der Waals surface area contributed by atoms with Crippen LogP contribution in [0, 0.1) is 0 Å². The van der Waals surface area contributed by atoms with Crippen molar-refractivity contribution in [2.45, 2.75) is 18.4 Å². The number of nitrogens with one attached hydrogen (secondary N) is 1. The van der Waals surface area contributed by atoms with Crippen LogP contribution in [0.2, 0.25) is 0 Å². The van der Waals surface area contributed by atoms with Gasteiger partial charge in [-0.05, 0) is 42.3 Å². The van der Waals surface area contributed by atoms with Gasteiger partial charge in [0.05, 0.1) is 31.2 Å². The summed E-state index contributed by atoms with van der Waals surface area (Å²) in [5.41, 5.74) is 2.65. The molecule has 140 valence electrons. The Bertz CT molecular complexity index is 959. The lowest BCUT2D eigenvalue weighted by molar-refractivity contribution is -0.113. The highest BCUT2D eigenvalue weighted by atomic mass is 32.2. The van der Waals surface area contributed by atoms with Gasteiger partial charge in [-0.3, -0.25) is 4.79 Å². The van der Waals surface area contributed by atoms with Gasteiger partial charge < -0.3 is 14.8 Å². The molecule has 27 heavy (non-hydrogen) atoms. The van der Waals surface area contributed by atoms with E-state index in [0.29, 0.717) is 11.4 Å². The standard InChI is InChI=1S/C21H22N2O3S/c1-4-14-11-15-9-10-16(25-2)12-18(15)23-21(14)27-13-20(24)22-17-7-5-6-8-19(17)26-3/h5-12H,4,13H2,1-3H3,(H,22,24). The Morgan fingerprint density at radius 1 is 1.11 bits per heavy atom. The van der Waals surface area contributed by atoms with Crippen LogP contribution < -0.4 is 14.8 Å². The lowest BCUT2D eigenvalue weighted by atomic mass is 10.1. The van der Waals surface area contributed by atoms with Crippen molar-refractivity contribution >= 4 is 34.3 Å². The van der Waals surface area contributed by atoms with Gasteiger partial charge in [-0.15, -0.1) is 0 Å². The SMILES string of the molecule is CCc1cc2ccc(OC)cc2nc1SCC(=O)Nc1ccccc1OC. The summed E-state index contributed by atoms with van der Waals surface area (Å²) >= 11 is 1.44. The molecule has 1 heterocycles. The van der Waals surface area contributed by atoms with E-state index in [9.17, 15) is 4.79 Å². The summed E-state index contributed by atoms with van der Waals surface area (Å²) in [4.78, 5) is 17.1. The third-order valence-corrected chi connectivity index (χ3v) is 5.20. The Hall–Kier alpha value is -2.73. The molecule has 0 spiro atoms. The molecule has 1 N–H and O–H groups in total. The quantitative estimate of drug-likeness (QED) is 0.608. The third-order valence-electron chi connectivity index (χ3n) is 4.17. The number of hydrogen-bond donors (Lipinski definition) is 1. The van der Waals surface area contributed by atoms with Gasteiger partial charge in [0, 0.05) is 11.5 Å². The molecule has 0 atom stereocenters. The number of rotatable bonds is 7. The Morgan fingerprint density at radius 2 is 1.93 bits per heavy atom. The normalized spacial score (nSPS) is 10.6. The minimum absolute atomic E-state index is 0.0981. The number of pyridine rings is 1. The predicted molar refractivity (Wildman–Crippen MR) is 110 cm³/mol. The fraction of sp³-hybridized carbons (Fsp3) is 0.238. The highest BCUT2D eigenvalue weighted by molar-refractivity contribution is 8.00. The van der Waals surface area contributed by atoms with Crippen molar-refractivity contribution in [3.05, 3.63) is 54.1 Å². The molecule has 0 aliphatic rings. The van der Waals surface area contributed by atoms with Crippen LogP contribution in [-0.4, -0.2) is 30.9 Å². The molecule has 3 rings (SSSR count). The number of fused-ring (bicyclic) bond motifs is 1. The van der Waals surface area contributed by atoms with E-state index >= 15 is 0 Å². The van der Waals surface area contributed by atoms with E-state index in [4.69, 9.17) is 14.5 Å². The molecule has 0 fully saturated rings. The number of aryl methyl sites for hydroxylation is 1. The number of hydrogen-bond acceptors (Lipinski definition) is 5. The first-order chi connectivity index (χ1) is 13.1. The molecule has 0 bridgehead atoms. The Balaban J connectivity index is 1.76. The van der Waals surface area contributed by atoms with Crippen molar-refractivity contribution in [3.8, 4) is 11.5 Å². The van der Waals surface area contributed by atoms with Gasteiger partial charge in [-0.25, -0.2) is 4.98 Å². The fourth-order valence-electron chi connectivity index (χ4n) is 2.75. The van der Waals surface area contributed by atoms with Crippen LogP contribution in [0.5, 0.6) is 11.5 Å². The average molecular weight is 382 g/mol. The van der Waals surface area contributed by atoms with Gasteiger partial charge in [0.2, 0.25) is 5.91 Å². The number of aromatic nitrogens is 1. The fourth-order valence-corrected chi connectivity index (χ4v) is 3.64. The maximum Gasteiger partial charge on any atom is 0.234 e. The zero-order chi connectivity index (χ0) is 19.2. The maximum atomic E-state index is 12.4. The first-order valence-electron chi connectivity index (χ1n) is 8.68. The average Bonchev–Trinajstić information content (AvgIpc) is 2.71. The van der Waals surface area contributed by atoms with Gasteiger partial charge in [0.1, 0.15) is 16.5 Å². The van der Waals surface area contributed by atoms with Crippen LogP contribution in [0.1, 0.15) is 12.5 Å². The summed E-state index contributed by atoms with van der Waals surface area (Å²) in [6.45, 7) is 2.09. The second-order valence-corrected chi connectivity index (χ2v) is 6.87. The lowest BCUT2D eigenvalue weighted by Gasteiger charge is -2.11.